The van der Waals surface area contributed by atoms with Gasteiger partial charge in [-0.2, -0.15) is 0 Å². The van der Waals surface area contributed by atoms with Crippen LogP contribution in [0.4, 0.5) is 5.69 Å². The first kappa shape index (κ1) is 21.7. The summed E-state index contributed by atoms with van der Waals surface area (Å²) in [5.74, 6) is 1.02. The van der Waals surface area contributed by atoms with Crippen molar-refractivity contribution in [2.45, 2.75) is 31.1 Å². The lowest BCUT2D eigenvalue weighted by Crippen LogP contribution is -2.32. The number of benzene rings is 1. The van der Waals surface area contributed by atoms with Gasteiger partial charge in [-0.25, -0.2) is 13.6 Å². The van der Waals surface area contributed by atoms with Gasteiger partial charge in [-0.1, -0.05) is 6.92 Å². The predicted molar refractivity (Wildman–Crippen MR) is 99.6 cm³/mol. The number of ether oxygens (including phenoxy) is 1. The number of halogens is 1. The van der Waals surface area contributed by atoms with Crippen LogP contribution in [0.25, 0.3) is 0 Å². The first-order valence-electron chi connectivity index (χ1n) is 8.02. The highest BCUT2D eigenvalue weighted by atomic mass is 35.5. The number of nitrogens with two attached hydrogens (primary N) is 1. The number of primary sulfonamides is 1. The van der Waals surface area contributed by atoms with E-state index < -0.39 is 10.0 Å². The van der Waals surface area contributed by atoms with Gasteiger partial charge in [-0.15, -0.1) is 12.4 Å². The Hall–Kier alpha value is -1.35. The fourth-order valence-corrected chi connectivity index (χ4v) is 3.58. The van der Waals surface area contributed by atoms with Gasteiger partial charge in [-0.05, 0) is 56.0 Å². The molecule has 1 aromatic carbocycles. The van der Waals surface area contributed by atoms with Crippen LogP contribution in [0.5, 0.6) is 5.75 Å². The van der Waals surface area contributed by atoms with Crippen LogP contribution < -0.4 is 20.5 Å². The molecule has 0 radical (unpaired) electrons. The topological polar surface area (TPSA) is 111 Å². The minimum atomic E-state index is -3.84. The average molecular weight is 392 g/mol. The minimum Gasteiger partial charge on any atom is -0.495 e. The molecule has 1 aromatic rings. The highest BCUT2D eigenvalue weighted by molar-refractivity contribution is 7.89. The number of piperidine rings is 1. The molecule has 1 aliphatic rings. The first-order valence-corrected chi connectivity index (χ1v) is 9.57. The van der Waals surface area contributed by atoms with E-state index in [1.54, 1.807) is 0 Å². The number of carbonyl (C=O) groups is 1. The third kappa shape index (κ3) is 6.14. The Morgan fingerprint density at radius 1 is 1.40 bits per heavy atom. The zero-order chi connectivity index (χ0) is 17.7. The molecule has 0 spiro atoms. The number of amides is 1. The standard InChI is InChI=1S/C16H25N3O4S.ClH/c1-11(12-5-7-18-8-6-12)9-16(20)19-14-10-13(24(17,21)22)3-4-15(14)23-2;/h3-4,10-12,18H,5-9H2,1-2H3,(H,19,20)(H2,17,21,22);1H. The van der Waals surface area contributed by atoms with Gasteiger partial charge in [0.25, 0.3) is 0 Å². The molecule has 0 aliphatic carbocycles. The first-order chi connectivity index (χ1) is 11.3. The predicted octanol–water partition coefficient (Wildman–Crippen LogP) is 1.73. The Morgan fingerprint density at radius 3 is 2.60 bits per heavy atom. The number of hydrogen-bond acceptors (Lipinski definition) is 5. The van der Waals surface area contributed by atoms with Crippen LogP contribution in [-0.2, 0) is 14.8 Å². The van der Waals surface area contributed by atoms with E-state index >= 15 is 0 Å². The van der Waals surface area contributed by atoms with E-state index in [1.807, 2.05) is 0 Å². The lowest BCUT2D eigenvalue weighted by Gasteiger charge is -2.28. The van der Waals surface area contributed by atoms with Crippen LogP contribution in [-0.4, -0.2) is 34.5 Å². The van der Waals surface area contributed by atoms with Gasteiger partial charge in [0.05, 0.1) is 17.7 Å². The molecule has 0 bridgehead atoms. The van der Waals surface area contributed by atoms with E-state index in [4.69, 9.17) is 9.88 Å². The normalized spacial score (nSPS) is 16.6. The van der Waals surface area contributed by atoms with Crippen LogP contribution in [0, 0.1) is 11.8 Å². The molecule has 25 heavy (non-hydrogen) atoms. The van der Waals surface area contributed by atoms with Crippen molar-refractivity contribution in [3.05, 3.63) is 18.2 Å². The van der Waals surface area contributed by atoms with Crippen LogP contribution in [0.2, 0.25) is 0 Å². The van der Waals surface area contributed by atoms with Crippen molar-refractivity contribution >= 4 is 34.0 Å². The average Bonchev–Trinajstić information content (AvgIpc) is 2.54. The van der Waals surface area contributed by atoms with Gasteiger partial charge in [-0.3, -0.25) is 4.79 Å². The second kappa shape index (κ2) is 9.38. The quantitative estimate of drug-likeness (QED) is 0.683. The summed E-state index contributed by atoms with van der Waals surface area (Å²) >= 11 is 0. The highest BCUT2D eigenvalue weighted by Crippen LogP contribution is 2.29. The molecule has 1 saturated heterocycles. The molecule has 1 heterocycles. The van der Waals surface area contributed by atoms with Crippen molar-refractivity contribution in [1.82, 2.24) is 5.32 Å². The maximum absolute atomic E-state index is 12.3. The van der Waals surface area contributed by atoms with Crippen LogP contribution >= 0.6 is 12.4 Å². The van der Waals surface area contributed by atoms with E-state index in [9.17, 15) is 13.2 Å². The number of carbonyl (C=O) groups excluding carboxylic acids is 1. The van der Waals surface area contributed by atoms with Crippen molar-refractivity contribution in [3.8, 4) is 5.75 Å². The molecule has 7 nitrogen and oxygen atoms in total. The van der Waals surface area contributed by atoms with Crippen LogP contribution in [0.1, 0.15) is 26.2 Å². The molecular weight excluding hydrogens is 366 g/mol. The third-order valence-corrected chi connectivity index (χ3v) is 5.38. The van der Waals surface area contributed by atoms with Gasteiger partial charge in [0.15, 0.2) is 0 Å². The SMILES string of the molecule is COc1ccc(S(N)(=O)=O)cc1NC(=O)CC(C)C1CCNCC1.Cl. The van der Waals surface area contributed by atoms with Gasteiger partial charge < -0.3 is 15.4 Å². The molecule has 4 N–H and O–H groups in total. The molecule has 0 saturated carbocycles. The summed E-state index contributed by atoms with van der Waals surface area (Å²) in [6.07, 6.45) is 2.52. The maximum Gasteiger partial charge on any atom is 0.238 e. The Morgan fingerprint density at radius 2 is 2.04 bits per heavy atom. The van der Waals surface area contributed by atoms with Crippen molar-refractivity contribution in [2.24, 2.45) is 17.0 Å². The van der Waals surface area contributed by atoms with E-state index in [0.29, 0.717) is 23.8 Å². The summed E-state index contributed by atoms with van der Waals surface area (Å²) in [6, 6.07) is 4.15. The Bertz CT molecular complexity index is 691. The van der Waals surface area contributed by atoms with Gasteiger partial charge >= 0.3 is 0 Å². The van der Waals surface area contributed by atoms with E-state index in [1.165, 1.54) is 25.3 Å². The number of methoxy groups -OCH3 is 1. The molecular formula is C16H26ClN3O4S. The van der Waals surface area contributed by atoms with Crippen molar-refractivity contribution in [2.75, 3.05) is 25.5 Å². The zero-order valence-electron chi connectivity index (χ0n) is 14.4. The molecule has 1 atom stereocenters. The molecule has 0 aromatic heterocycles. The maximum atomic E-state index is 12.3. The fourth-order valence-electron chi connectivity index (χ4n) is 3.04. The van der Waals surface area contributed by atoms with E-state index in [-0.39, 0.29) is 29.1 Å². The van der Waals surface area contributed by atoms with E-state index in [0.717, 1.165) is 25.9 Å². The number of anilines is 1. The number of nitrogens with one attached hydrogen (secondary N) is 2. The summed E-state index contributed by atoms with van der Waals surface area (Å²) < 4.78 is 28.1. The molecule has 9 heteroatoms. The number of hydrogen-bond donors (Lipinski definition) is 3. The van der Waals surface area contributed by atoms with Crippen molar-refractivity contribution in [1.29, 1.82) is 0 Å². The summed E-state index contributed by atoms with van der Waals surface area (Å²) in [5.41, 5.74) is 0.312. The number of sulfonamides is 1. The second-order valence-electron chi connectivity index (χ2n) is 6.22. The van der Waals surface area contributed by atoms with Gasteiger partial charge in [0.1, 0.15) is 5.75 Å². The summed E-state index contributed by atoms with van der Waals surface area (Å²) in [5, 5.41) is 11.2. The zero-order valence-corrected chi connectivity index (χ0v) is 16.1. The van der Waals surface area contributed by atoms with E-state index in [2.05, 4.69) is 17.6 Å². The molecule has 1 fully saturated rings. The minimum absolute atomic E-state index is 0. The molecule has 142 valence electrons. The summed E-state index contributed by atoms with van der Waals surface area (Å²) in [7, 11) is -2.38. The fraction of sp³-hybridized carbons (Fsp3) is 0.562. The molecule has 1 unspecified atom stereocenters. The van der Waals surface area contributed by atoms with Crippen LogP contribution in [0.3, 0.4) is 0 Å². The lowest BCUT2D eigenvalue weighted by atomic mass is 9.84. The lowest BCUT2D eigenvalue weighted by molar-refractivity contribution is -0.117. The molecule has 1 aliphatic heterocycles. The molecule has 2 rings (SSSR count). The van der Waals surface area contributed by atoms with Crippen LogP contribution in [0.15, 0.2) is 23.1 Å². The Kier molecular flexibility index (Phi) is 8.14. The van der Waals surface area contributed by atoms with Crippen molar-refractivity contribution < 1.29 is 17.9 Å². The number of rotatable bonds is 6. The smallest absolute Gasteiger partial charge is 0.238 e. The Balaban J connectivity index is 0.00000312. The Labute approximate surface area is 155 Å². The molecule has 1 amide bonds. The summed E-state index contributed by atoms with van der Waals surface area (Å²) in [4.78, 5) is 12.3. The summed E-state index contributed by atoms with van der Waals surface area (Å²) in [6.45, 7) is 4.05. The van der Waals surface area contributed by atoms with Gasteiger partial charge in [0.2, 0.25) is 15.9 Å². The van der Waals surface area contributed by atoms with Crippen molar-refractivity contribution in [3.63, 3.8) is 0 Å². The monoisotopic (exact) mass is 391 g/mol. The largest absolute Gasteiger partial charge is 0.495 e. The third-order valence-electron chi connectivity index (χ3n) is 4.47. The second-order valence-corrected chi connectivity index (χ2v) is 7.79. The highest BCUT2D eigenvalue weighted by Gasteiger charge is 2.22. The van der Waals surface area contributed by atoms with Gasteiger partial charge in [0, 0.05) is 6.42 Å².